The number of esters is 1. The molecule has 0 aliphatic carbocycles. The number of aromatic amines is 1. The number of pyridine rings is 1. The first-order valence-electron chi connectivity index (χ1n) is 8.96. The molecule has 5 rings (SSSR count). The van der Waals surface area contributed by atoms with E-state index in [1.165, 1.54) is 19.1 Å². The molecule has 29 heavy (non-hydrogen) atoms. The van der Waals surface area contributed by atoms with Gasteiger partial charge in [0.1, 0.15) is 11.5 Å². The smallest absolute Gasteiger partial charge is 0.312 e. The van der Waals surface area contributed by atoms with Crippen LogP contribution in [0.2, 0.25) is 0 Å². The zero-order chi connectivity index (χ0) is 20.3. The molecule has 146 valence electrons. The molecule has 2 aromatic carbocycles. The summed E-state index contributed by atoms with van der Waals surface area (Å²) in [6.07, 6.45) is -0.138. The van der Waals surface area contributed by atoms with E-state index in [0.717, 1.165) is 0 Å². The second-order valence-corrected chi connectivity index (χ2v) is 7.01. The third kappa shape index (κ3) is 2.64. The summed E-state index contributed by atoms with van der Waals surface area (Å²) < 4.78 is 16.0. The first-order valence-corrected chi connectivity index (χ1v) is 8.96. The Morgan fingerprint density at radius 1 is 1.10 bits per heavy atom. The fourth-order valence-electron chi connectivity index (χ4n) is 3.87. The largest absolute Gasteiger partial charge is 0.507 e. The minimum absolute atomic E-state index is 0.103. The lowest BCUT2D eigenvalue weighted by atomic mass is 9.84. The number of phenols is 1. The van der Waals surface area contributed by atoms with Crippen molar-refractivity contribution in [3.63, 3.8) is 0 Å². The number of carbonyl (C=O) groups excluding carboxylic acids is 2. The van der Waals surface area contributed by atoms with Gasteiger partial charge in [-0.3, -0.25) is 14.4 Å². The molecule has 3 heterocycles. The molecule has 0 bridgehead atoms. The summed E-state index contributed by atoms with van der Waals surface area (Å²) in [5.74, 6) is -0.665. The van der Waals surface area contributed by atoms with Gasteiger partial charge in [-0.1, -0.05) is 0 Å². The van der Waals surface area contributed by atoms with E-state index in [4.69, 9.17) is 14.2 Å². The highest BCUT2D eigenvalue weighted by molar-refractivity contribution is 5.98. The zero-order valence-electron chi connectivity index (χ0n) is 15.3. The third-order valence-electron chi connectivity index (χ3n) is 5.24. The van der Waals surface area contributed by atoms with Crippen LogP contribution in [0.3, 0.4) is 0 Å². The quantitative estimate of drug-likeness (QED) is 0.391. The van der Waals surface area contributed by atoms with E-state index in [9.17, 15) is 19.5 Å². The first-order chi connectivity index (χ1) is 13.9. The summed E-state index contributed by atoms with van der Waals surface area (Å²) in [4.78, 5) is 39.6. The fraction of sp³-hybridized carbons (Fsp3) is 0.190. The predicted molar refractivity (Wildman–Crippen MR) is 101 cm³/mol. The summed E-state index contributed by atoms with van der Waals surface area (Å²) in [5.41, 5.74) is 0.790. The Labute approximate surface area is 163 Å². The minimum atomic E-state index is -0.760. The highest BCUT2D eigenvalue weighted by Gasteiger charge is 2.34. The van der Waals surface area contributed by atoms with Gasteiger partial charge in [0.05, 0.1) is 17.5 Å². The maximum absolute atomic E-state index is 12.9. The van der Waals surface area contributed by atoms with Crippen LogP contribution in [0.5, 0.6) is 23.0 Å². The van der Waals surface area contributed by atoms with Crippen molar-refractivity contribution in [1.29, 1.82) is 0 Å². The summed E-state index contributed by atoms with van der Waals surface area (Å²) in [6.45, 7) is 1.43. The van der Waals surface area contributed by atoms with E-state index < -0.39 is 17.4 Å². The van der Waals surface area contributed by atoms with Crippen molar-refractivity contribution < 1.29 is 28.9 Å². The van der Waals surface area contributed by atoms with Crippen LogP contribution in [0.25, 0.3) is 10.9 Å². The number of hydrogen-bond acceptors (Lipinski definition) is 7. The Bertz CT molecular complexity index is 1270. The van der Waals surface area contributed by atoms with Crippen LogP contribution >= 0.6 is 0 Å². The van der Waals surface area contributed by atoms with Crippen molar-refractivity contribution in [2.75, 3.05) is 6.79 Å². The molecule has 0 saturated carbocycles. The molecule has 8 heteroatoms. The highest BCUT2D eigenvalue weighted by atomic mass is 16.7. The monoisotopic (exact) mass is 393 g/mol. The molecule has 2 aliphatic heterocycles. The molecule has 1 atom stereocenters. The second-order valence-electron chi connectivity index (χ2n) is 7.01. The van der Waals surface area contributed by atoms with E-state index in [-0.39, 0.29) is 47.2 Å². The van der Waals surface area contributed by atoms with E-state index in [2.05, 4.69) is 4.98 Å². The number of Topliss-reactive ketones (excluding diaryl/α,β-unsaturated/α-hetero) is 1. The van der Waals surface area contributed by atoms with Crippen LogP contribution < -0.4 is 19.8 Å². The topological polar surface area (TPSA) is 115 Å². The van der Waals surface area contributed by atoms with Gasteiger partial charge in [-0.15, -0.1) is 0 Å². The van der Waals surface area contributed by atoms with Gasteiger partial charge in [-0.25, -0.2) is 0 Å². The van der Waals surface area contributed by atoms with Gasteiger partial charge >= 0.3 is 5.97 Å². The Balaban J connectivity index is 1.73. The molecule has 0 spiro atoms. The van der Waals surface area contributed by atoms with Crippen LogP contribution in [0.1, 0.15) is 40.7 Å². The Hall–Kier alpha value is -3.81. The Morgan fingerprint density at radius 3 is 2.62 bits per heavy atom. The van der Waals surface area contributed by atoms with E-state index in [0.29, 0.717) is 22.4 Å². The lowest BCUT2D eigenvalue weighted by molar-refractivity contribution is -0.135. The predicted octanol–water partition coefficient (Wildman–Crippen LogP) is 2.61. The van der Waals surface area contributed by atoms with Crippen LogP contribution in [0.4, 0.5) is 0 Å². The number of phenolic OH excluding ortho intramolecular Hbond substituents is 1. The normalized spacial score (nSPS) is 17.1. The average molecular weight is 393 g/mol. The number of fused-ring (bicyclic) bond motifs is 3. The number of aromatic nitrogens is 1. The molecule has 3 aromatic rings. The van der Waals surface area contributed by atoms with Gasteiger partial charge < -0.3 is 24.3 Å². The number of aromatic hydroxyl groups is 1. The maximum atomic E-state index is 12.9. The molecule has 0 unspecified atom stereocenters. The summed E-state index contributed by atoms with van der Waals surface area (Å²) in [7, 11) is 0. The van der Waals surface area contributed by atoms with Crippen LogP contribution in [-0.4, -0.2) is 28.6 Å². The number of H-pyrrole nitrogens is 1. The highest BCUT2D eigenvalue weighted by Crippen LogP contribution is 2.45. The van der Waals surface area contributed by atoms with E-state index in [1.54, 1.807) is 18.2 Å². The number of rotatable bonds is 2. The van der Waals surface area contributed by atoms with Gasteiger partial charge in [0.2, 0.25) is 6.79 Å². The molecule has 0 amide bonds. The van der Waals surface area contributed by atoms with Crippen LogP contribution in [-0.2, 0) is 4.79 Å². The zero-order valence-corrected chi connectivity index (χ0v) is 15.3. The molecule has 0 fully saturated rings. The van der Waals surface area contributed by atoms with Gasteiger partial charge in [-0.2, -0.15) is 0 Å². The van der Waals surface area contributed by atoms with Crippen molar-refractivity contribution >= 4 is 22.7 Å². The number of hydrogen-bond donors (Lipinski definition) is 2. The van der Waals surface area contributed by atoms with Crippen molar-refractivity contribution in [1.82, 2.24) is 4.98 Å². The lowest BCUT2D eigenvalue weighted by Crippen LogP contribution is -2.26. The fourth-order valence-corrected chi connectivity index (χ4v) is 3.87. The van der Waals surface area contributed by atoms with Crippen molar-refractivity contribution in [3.8, 4) is 23.0 Å². The number of ether oxygens (including phenoxy) is 3. The SMILES string of the molecule is CC(=O)c1ccc2c(c1O)[C@@H](c1cc3cc4c(cc3[nH]c1=O)OCO4)CC(=O)O2. The third-order valence-corrected chi connectivity index (χ3v) is 5.24. The van der Waals surface area contributed by atoms with Gasteiger partial charge in [-0.05, 0) is 31.2 Å². The first kappa shape index (κ1) is 17.3. The standard InChI is InChI=1S/C21H15NO7/c1-9(23)11-2-3-15-19(20(11)25)12(6-18(24)29-15)13-4-10-5-16-17(28-8-27-16)7-14(10)22-21(13)26/h2-5,7,12,25H,6,8H2,1H3,(H,22,26)/t12-/m1/s1. The van der Waals surface area contributed by atoms with Crippen molar-refractivity contribution in [2.24, 2.45) is 0 Å². The molecule has 8 nitrogen and oxygen atoms in total. The average Bonchev–Trinajstić information content (AvgIpc) is 3.12. The summed E-state index contributed by atoms with van der Waals surface area (Å²) >= 11 is 0. The van der Waals surface area contributed by atoms with E-state index in [1.807, 2.05) is 0 Å². The minimum Gasteiger partial charge on any atom is -0.507 e. The van der Waals surface area contributed by atoms with Crippen molar-refractivity contribution in [3.05, 3.63) is 57.4 Å². The molecule has 0 saturated heterocycles. The van der Waals surface area contributed by atoms with Crippen LogP contribution in [0.15, 0.2) is 35.1 Å². The maximum Gasteiger partial charge on any atom is 0.312 e. The number of benzene rings is 2. The molecule has 2 N–H and O–H groups in total. The van der Waals surface area contributed by atoms with Crippen LogP contribution in [0, 0.1) is 0 Å². The molecule has 2 aliphatic rings. The number of carbonyl (C=O) groups is 2. The number of ketones is 1. The van der Waals surface area contributed by atoms with Gasteiger partial charge in [0.25, 0.3) is 5.56 Å². The Kier molecular flexibility index (Phi) is 3.64. The lowest BCUT2D eigenvalue weighted by Gasteiger charge is -2.26. The molecule has 1 aromatic heterocycles. The number of nitrogens with one attached hydrogen (secondary N) is 1. The summed E-state index contributed by atoms with van der Waals surface area (Å²) in [5, 5.41) is 11.4. The Morgan fingerprint density at radius 2 is 1.86 bits per heavy atom. The molecular formula is C21H15NO7. The van der Waals surface area contributed by atoms with Crippen molar-refractivity contribution in [2.45, 2.75) is 19.3 Å². The van der Waals surface area contributed by atoms with E-state index >= 15 is 0 Å². The van der Waals surface area contributed by atoms with Gasteiger partial charge in [0, 0.05) is 28.5 Å². The molecular weight excluding hydrogens is 378 g/mol. The molecule has 0 radical (unpaired) electrons. The van der Waals surface area contributed by atoms with Gasteiger partial charge in [0.15, 0.2) is 17.3 Å². The second kappa shape index (κ2) is 6.10. The summed E-state index contributed by atoms with van der Waals surface area (Å²) in [6, 6.07) is 7.94.